The fourth-order valence-electron chi connectivity index (χ4n) is 2.90. The van der Waals surface area contributed by atoms with E-state index in [-0.39, 0.29) is 38.4 Å². The lowest BCUT2D eigenvalue weighted by atomic mass is 10.1. The number of pyridine rings is 1. The number of carbonyl (C=O) groups is 1. The van der Waals surface area contributed by atoms with Crippen LogP contribution in [0.5, 0.6) is 0 Å². The zero-order chi connectivity index (χ0) is 20.3. The van der Waals surface area contributed by atoms with E-state index >= 15 is 0 Å². The second-order valence-electron chi connectivity index (χ2n) is 6.36. The van der Waals surface area contributed by atoms with E-state index in [4.69, 9.17) is 9.26 Å². The molecule has 0 radical (unpaired) electrons. The van der Waals surface area contributed by atoms with Gasteiger partial charge in [0.1, 0.15) is 6.61 Å². The van der Waals surface area contributed by atoms with E-state index in [1.807, 2.05) is 0 Å². The lowest BCUT2D eigenvalue weighted by Gasteiger charge is -2.44. The molecule has 28 heavy (non-hydrogen) atoms. The number of carbonyl (C=O) groups excluding carboxylic acids is 1. The Bertz CT molecular complexity index is 944. The first kappa shape index (κ1) is 20.3. The minimum Gasteiger partial charge on any atom is -0.375 e. The van der Waals surface area contributed by atoms with Gasteiger partial charge in [-0.15, -0.1) is 0 Å². The molecule has 10 nitrogen and oxygen atoms in total. The molecule has 0 atom stereocenters. The monoisotopic (exact) mass is 413 g/mol. The van der Waals surface area contributed by atoms with Gasteiger partial charge < -0.3 is 14.2 Å². The second-order valence-corrected chi connectivity index (χ2v) is 8.29. The molecular weight excluding hydrogens is 393 g/mol. The number of halogens is 1. The van der Waals surface area contributed by atoms with E-state index in [1.54, 1.807) is 0 Å². The van der Waals surface area contributed by atoms with Crippen LogP contribution in [-0.4, -0.2) is 77.7 Å². The van der Waals surface area contributed by atoms with Crippen molar-refractivity contribution >= 4 is 15.9 Å². The summed E-state index contributed by atoms with van der Waals surface area (Å²) in [6, 6.07) is 2.14. The van der Waals surface area contributed by atoms with Crippen LogP contribution in [0.15, 0.2) is 22.9 Å². The van der Waals surface area contributed by atoms with Crippen LogP contribution in [0.1, 0.15) is 22.2 Å². The number of amides is 1. The van der Waals surface area contributed by atoms with E-state index < -0.39 is 27.8 Å². The molecule has 1 aliphatic rings. The molecule has 1 saturated heterocycles. The van der Waals surface area contributed by atoms with Crippen LogP contribution in [0.3, 0.4) is 0 Å². The number of hydrogen-bond donors (Lipinski definition) is 0. The highest BCUT2D eigenvalue weighted by atomic mass is 32.2. The number of ether oxygens (including phenoxy) is 1. The molecule has 0 saturated carbocycles. The molecule has 2 aromatic rings. The zero-order valence-corrected chi connectivity index (χ0v) is 16.2. The van der Waals surface area contributed by atoms with Crippen molar-refractivity contribution in [3.05, 3.63) is 41.6 Å². The number of nitrogens with zero attached hydrogens (tertiary/aromatic N) is 5. The second kappa shape index (κ2) is 8.29. The van der Waals surface area contributed by atoms with Crippen LogP contribution in [0.4, 0.5) is 4.39 Å². The number of methoxy groups -OCH3 is 1. The van der Waals surface area contributed by atoms with Crippen molar-refractivity contribution in [1.29, 1.82) is 0 Å². The van der Waals surface area contributed by atoms with E-state index in [9.17, 15) is 17.6 Å². The minimum atomic E-state index is -3.53. The highest BCUT2D eigenvalue weighted by Crippen LogP contribution is 2.21. The van der Waals surface area contributed by atoms with Crippen molar-refractivity contribution in [3.63, 3.8) is 0 Å². The lowest BCUT2D eigenvalue weighted by molar-refractivity contribution is 0.0443. The van der Waals surface area contributed by atoms with E-state index in [0.717, 1.165) is 12.3 Å². The molecule has 0 N–H and O–H groups in total. The highest BCUT2D eigenvalue weighted by molar-refractivity contribution is 7.88. The summed E-state index contributed by atoms with van der Waals surface area (Å²) in [7, 11) is -2.03. The van der Waals surface area contributed by atoms with Crippen LogP contribution < -0.4 is 0 Å². The molecule has 3 rings (SSSR count). The van der Waals surface area contributed by atoms with Crippen LogP contribution in [0, 0.1) is 5.82 Å². The SMILES string of the molecule is COCc1nc(CCN(C2CN(C(=O)c3ncccc3F)C2)S(C)(=O)=O)no1. The maximum absolute atomic E-state index is 13.7. The molecule has 12 heteroatoms. The topological polar surface area (TPSA) is 119 Å². The smallest absolute Gasteiger partial charge is 0.275 e. The fourth-order valence-corrected chi connectivity index (χ4v) is 4.00. The summed E-state index contributed by atoms with van der Waals surface area (Å²) >= 11 is 0. The van der Waals surface area contributed by atoms with Gasteiger partial charge in [0, 0.05) is 39.4 Å². The van der Waals surface area contributed by atoms with Crippen LogP contribution in [0.25, 0.3) is 0 Å². The maximum Gasteiger partial charge on any atom is 0.275 e. The standard InChI is InChI=1S/C16H20FN5O5S/c1-26-10-14-19-13(20-27-14)5-7-22(28(2,24)25)11-8-21(9-11)16(23)15-12(17)4-3-6-18-15/h3-4,6,11H,5,7-10H2,1-2H3. The van der Waals surface area contributed by atoms with Gasteiger partial charge in [-0.1, -0.05) is 5.16 Å². The normalized spacial score (nSPS) is 15.1. The molecule has 1 aliphatic heterocycles. The summed E-state index contributed by atoms with van der Waals surface area (Å²) in [6.07, 6.45) is 2.68. The Labute approximate surface area is 161 Å². The fraction of sp³-hybridized carbons (Fsp3) is 0.500. The van der Waals surface area contributed by atoms with Gasteiger partial charge in [-0.2, -0.15) is 9.29 Å². The first-order chi connectivity index (χ1) is 13.3. The van der Waals surface area contributed by atoms with Crippen molar-refractivity contribution in [2.24, 2.45) is 0 Å². The molecule has 1 fully saturated rings. The third-order valence-electron chi connectivity index (χ3n) is 4.28. The Morgan fingerprint density at radius 1 is 1.46 bits per heavy atom. The van der Waals surface area contributed by atoms with E-state index in [2.05, 4.69) is 15.1 Å². The van der Waals surface area contributed by atoms with Crippen molar-refractivity contribution in [1.82, 2.24) is 24.3 Å². The Hall–Kier alpha value is -2.44. The minimum absolute atomic E-state index is 0.134. The quantitative estimate of drug-likeness (QED) is 0.597. The first-order valence-corrected chi connectivity index (χ1v) is 10.3. The third kappa shape index (κ3) is 4.51. The predicted molar refractivity (Wildman–Crippen MR) is 94.2 cm³/mol. The van der Waals surface area contributed by atoms with Gasteiger partial charge in [0.2, 0.25) is 10.0 Å². The average molecular weight is 413 g/mol. The summed E-state index contributed by atoms with van der Waals surface area (Å²) in [5.41, 5.74) is -0.274. The van der Waals surface area contributed by atoms with Gasteiger partial charge >= 0.3 is 0 Å². The molecule has 0 aliphatic carbocycles. The van der Waals surface area contributed by atoms with Gasteiger partial charge in [0.05, 0.1) is 12.3 Å². The molecule has 1 amide bonds. The number of likely N-dealkylation sites (tertiary alicyclic amines) is 1. The summed E-state index contributed by atoms with van der Waals surface area (Å²) < 4.78 is 49.2. The lowest BCUT2D eigenvalue weighted by Crippen LogP contribution is -2.62. The summed E-state index contributed by atoms with van der Waals surface area (Å²) in [5, 5.41) is 3.78. The molecule has 0 spiro atoms. The predicted octanol–water partition coefficient (Wildman–Crippen LogP) is 0.0788. The van der Waals surface area contributed by atoms with Crippen molar-refractivity contribution < 1.29 is 26.9 Å². The number of hydrogen-bond acceptors (Lipinski definition) is 8. The molecular formula is C16H20FN5O5S. The average Bonchev–Trinajstić information content (AvgIpc) is 3.03. The first-order valence-electron chi connectivity index (χ1n) is 8.46. The van der Waals surface area contributed by atoms with Gasteiger partial charge in [0.15, 0.2) is 17.3 Å². The van der Waals surface area contributed by atoms with E-state index in [1.165, 1.54) is 28.6 Å². The number of aromatic nitrogens is 3. The Balaban J connectivity index is 1.61. The Morgan fingerprint density at radius 3 is 2.86 bits per heavy atom. The molecule has 0 aromatic carbocycles. The zero-order valence-electron chi connectivity index (χ0n) is 15.4. The summed E-state index contributed by atoms with van der Waals surface area (Å²) in [5.74, 6) is -0.602. The van der Waals surface area contributed by atoms with Gasteiger partial charge in [-0.3, -0.25) is 4.79 Å². The van der Waals surface area contributed by atoms with Crippen LogP contribution in [-0.2, 0) is 27.8 Å². The van der Waals surface area contributed by atoms with E-state index in [0.29, 0.717) is 11.7 Å². The highest BCUT2D eigenvalue weighted by Gasteiger charge is 2.39. The third-order valence-corrected chi connectivity index (χ3v) is 5.61. The molecule has 2 aromatic heterocycles. The van der Waals surface area contributed by atoms with Gasteiger partial charge in [-0.25, -0.2) is 17.8 Å². The van der Waals surface area contributed by atoms with Crippen molar-refractivity contribution in [2.75, 3.05) is 33.0 Å². The molecule has 3 heterocycles. The van der Waals surface area contributed by atoms with Crippen LogP contribution in [0.2, 0.25) is 0 Å². The van der Waals surface area contributed by atoms with Crippen LogP contribution >= 0.6 is 0 Å². The maximum atomic E-state index is 13.7. The summed E-state index contributed by atoms with van der Waals surface area (Å²) in [6.45, 7) is 0.619. The molecule has 0 unspecified atom stereocenters. The number of sulfonamides is 1. The van der Waals surface area contributed by atoms with Gasteiger partial charge in [0.25, 0.3) is 11.8 Å². The summed E-state index contributed by atoms with van der Waals surface area (Å²) in [4.78, 5) is 21.5. The largest absolute Gasteiger partial charge is 0.375 e. The van der Waals surface area contributed by atoms with Gasteiger partial charge in [-0.05, 0) is 12.1 Å². The Morgan fingerprint density at radius 2 is 2.21 bits per heavy atom. The number of rotatable bonds is 8. The van der Waals surface area contributed by atoms with Crippen molar-refractivity contribution in [2.45, 2.75) is 19.1 Å². The molecule has 0 bridgehead atoms. The Kier molecular flexibility index (Phi) is 6.01. The molecule has 152 valence electrons. The van der Waals surface area contributed by atoms with Crippen molar-refractivity contribution in [3.8, 4) is 0 Å².